The van der Waals surface area contributed by atoms with Gasteiger partial charge in [-0.25, -0.2) is 19.2 Å². The van der Waals surface area contributed by atoms with Crippen LogP contribution in [0, 0.1) is 12.7 Å². The Kier molecular flexibility index (Phi) is 27.5. The van der Waals surface area contributed by atoms with Gasteiger partial charge in [0, 0.05) is 101 Å². The Hall–Kier alpha value is -9.92. The number of nitrogens with zero attached hydrogens (tertiary/aromatic N) is 5. The Bertz CT molecular complexity index is 3630. The smallest absolute Gasteiger partial charge is 0.338 e. The van der Waals surface area contributed by atoms with Crippen molar-refractivity contribution in [2.24, 2.45) is 0 Å². The van der Waals surface area contributed by atoms with Crippen LogP contribution in [0.15, 0.2) is 97.2 Å². The van der Waals surface area contributed by atoms with E-state index in [9.17, 15) is 57.1 Å². The SMILES string of the molecule is CCC(C)NC(=O)N1[C@@H]2CCN1C(=O)CNC(=O)[C@@H](NC(=O)CNC(=O)[C@H](C)NC(=O)CCC(=O)N(CCCCCCn1cc(C)c3cc(F)ccc31)Cc1ccc(CCNC(=O)[C@@H]3CCCN3C(=O)[C@H](Cc3ccc(OC)cc3)NC=O)cc1)Cc1cccc(c1)CNC(=O)CO2. The number of likely N-dealkylation sites (tertiary alicyclic amines) is 1. The summed E-state index contributed by atoms with van der Waals surface area (Å²) in [6.07, 6.45) is 6.93. The van der Waals surface area contributed by atoms with E-state index in [-0.39, 0.29) is 87.9 Å². The Morgan fingerprint density at radius 3 is 2.32 bits per heavy atom. The molecule has 27 heteroatoms. The van der Waals surface area contributed by atoms with Gasteiger partial charge < -0.3 is 66.4 Å². The summed E-state index contributed by atoms with van der Waals surface area (Å²) >= 11 is 0. The summed E-state index contributed by atoms with van der Waals surface area (Å²) in [4.78, 5) is 151. The van der Waals surface area contributed by atoms with Crippen LogP contribution in [0.25, 0.3) is 10.9 Å². The minimum atomic E-state index is -1.26. The van der Waals surface area contributed by atoms with E-state index in [4.69, 9.17) is 9.47 Å². The second-order valence-corrected chi connectivity index (χ2v) is 25.2. The minimum absolute atomic E-state index is 0.0529. The molecule has 3 aliphatic heterocycles. The van der Waals surface area contributed by atoms with E-state index in [1.807, 2.05) is 56.4 Å². The number of urea groups is 1. The van der Waals surface area contributed by atoms with Gasteiger partial charge in [-0.15, -0.1) is 0 Å². The van der Waals surface area contributed by atoms with Gasteiger partial charge in [-0.05, 0) is 123 Å². The van der Waals surface area contributed by atoms with Crippen molar-refractivity contribution >= 4 is 76.5 Å². The van der Waals surface area contributed by atoms with Gasteiger partial charge in [0.15, 0.2) is 6.23 Å². The van der Waals surface area contributed by atoms with Crippen molar-refractivity contribution in [2.45, 2.75) is 167 Å². The first-order valence-corrected chi connectivity index (χ1v) is 33.7. The van der Waals surface area contributed by atoms with E-state index in [2.05, 4.69) is 47.1 Å². The molecule has 3 aliphatic rings. The molecule has 2 saturated heterocycles. The third kappa shape index (κ3) is 21.3. The number of hydrogen-bond donors (Lipinski definition) is 8. The van der Waals surface area contributed by atoms with E-state index < -0.39 is 85.0 Å². The maximum Gasteiger partial charge on any atom is 0.338 e. The molecule has 4 aromatic carbocycles. The number of methoxy groups -OCH3 is 1. The minimum Gasteiger partial charge on any atom is -0.497 e. The molecule has 0 saturated carbocycles. The monoisotopic (exact) mass is 1350 g/mol. The summed E-state index contributed by atoms with van der Waals surface area (Å²) in [6.45, 7) is 7.72. The van der Waals surface area contributed by atoms with Crippen molar-refractivity contribution in [3.05, 3.63) is 136 Å². The average Bonchev–Trinajstić information content (AvgIpc) is 1.67. The van der Waals surface area contributed by atoms with Gasteiger partial charge in [-0.3, -0.25) is 47.9 Å². The Balaban J connectivity index is 0.829. The summed E-state index contributed by atoms with van der Waals surface area (Å²) in [5.41, 5.74) is 5.82. The number of carbonyl (C=O) groups excluding carboxylic acids is 11. The van der Waals surface area contributed by atoms with Crippen LogP contribution in [-0.4, -0.2) is 179 Å². The number of aryl methyl sites for hydroxylation is 2. The number of hydrogen-bond acceptors (Lipinski definition) is 13. The van der Waals surface area contributed by atoms with Crippen molar-refractivity contribution in [3.8, 4) is 5.75 Å². The molecule has 526 valence electrons. The molecule has 0 aliphatic carbocycles. The van der Waals surface area contributed by atoms with Gasteiger partial charge in [-0.1, -0.05) is 80.4 Å². The van der Waals surface area contributed by atoms with E-state index in [1.54, 1.807) is 67.5 Å². The molecule has 12 amide bonds. The van der Waals surface area contributed by atoms with E-state index in [0.29, 0.717) is 75.0 Å². The quantitative estimate of drug-likeness (QED) is 0.0249. The van der Waals surface area contributed by atoms with Crippen LogP contribution in [0.5, 0.6) is 5.75 Å². The summed E-state index contributed by atoms with van der Waals surface area (Å²) in [7, 11) is 1.56. The predicted molar refractivity (Wildman–Crippen MR) is 361 cm³/mol. The molecule has 8 rings (SSSR count). The highest BCUT2D eigenvalue weighted by Gasteiger charge is 2.41. The number of aromatic nitrogens is 1. The topological polar surface area (TPSA) is 320 Å². The van der Waals surface area contributed by atoms with E-state index in [0.717, 1.165) is 69.0 Å². The van der Waals surface area contributed by atoms with Crippen LogP contribution in [0.1, 0.15) is 118 Å². The molecule has 5 aromatic rings. The number of halogens is 1. The van der Waals surface area contributed by atoms with Gasteiger partial charge in [0.25, 0.3) is 5.91 Å². The molecule has 98 heavy (non-hydrogen) atoms. The van der Waals surface area contributed by atoms with Crippen molar-refractivity contribution in [1.29, 1.82) is 0 Å². The number of ether oxygens (including phenoxy) is 2. The van der Waals surface area contributed by atoms with Crippen molar-refractivity contribution in [2.75, 3.05) is 53.0 Å². The van der Waals surface area contributed by atoms with Crippen molar-refractivity contribution < 1.29 is 66.6 Å². The maximum absolute atomic E-state index is 14.1. The lowest BCUT2D eigenvalue weighted by Gasteiger charge is -2.32. The lowest BCUT2D eigenvalue weighted by Crippen LogP contribution is -2.57. The molecule has 4 bridgehead atoms. The molecule has 26 nitrogen and oxygen atoms in total. The van der Waals surface area contributed by atoms with Crippen molar-refractivity contribution in [1.82, 2.24) is 66.9 Å². The summed E-state index contributed by atoms with van der Waals surface area (Å²) in [6, 6.07) is 21.8. The molecule has 6 atom stereocenters. The van der Waals surface area contributed by atoms with E-state index >= 15 is 0 Å². The Morgan fingerprint density at radius 2 is 1.56 bits per heavy atom. The van der Waals surface area contributed by atoms with Crippen LogP contribution >= 0.6 is 0 Å². The largest absolute Gasteiger partial charge is 0.497 e. The van der Waals surface area contributed by atoms with Gasteiger partial charge in [0.05, 0.1) is 20.2 Å². The number of amides is 12. The standard InChI is InChI=1S/C71H92FN13O13/c1-6-47(3)78-71(96)85-66-29-34-84(85)65(91)41-76-68(93)57(37-52-13-11-14-53(35-52)39-74-63(89)44-98-66)80-62(88)40-75-67(92)48(4)79-61(87)26-27-64(90)82(32-10-8-7-9-31-81-42-46(2)56-38-54(72)22-25-59(56)81)43-51-18-16-49(17-19-51)28-30-73-69(94)60-15-12-33-83(60)70(95)58(77-45-86)36-50-20-23-55(97-5)24-21-50/h11,13-14,16-25,35,38,42,45,47-48,57-58,60,66H,6-10,12,15,26-34,36-37,39-41,43-44H2,1-5H3,(H,73,94)(H,74,89)(H,75,92)(H,76,93)(H,77,86)(H,78,96)(H,79,87)(H,80,88)/t47?,48-,57-,58-,60-,66-/m0/s1. The molecule has 8 N–H and O–H groups in total. The predicted octanol–water partition coefficient (Wildman–Crippen LogP) is 3.87. The first-order chi connectivity index (χ1) is 47.2. The Morgan fingerprint density at radius 1 is 0.816 bits per heavy atom. The second-order valence-electron chi connectivity index (χ2n) is 25.2. The number of unbranched alkanes of at least 4 members (excludes halogenated alkanes) is 3. The van der Waals surface area contributed by atoms with Crippen LogP contribution in [-0.2, 0) is 91.6 Å². The fraction of sp³-hybridized carbons (Fsp3) is 0.479. The lowest BCUT2D eigenvalue weighted by molar-refractivity contribution is -0.152. The van der Waals surface area contributed by atoms with Gasteiger partial charge in [0.1, 0.15) is 42.3 Å². The van der Waals surface area contributed by atoms with Gasteiger partial charge in [-0.2, -0.15) is 0 Å². The Labute approximate surface area is 570 Å². The number of benzene rings is 4. The highest BCUT2D eigenvalue weighted by Crippen LogP contribution is 2.25. The van der Waals surface area contributed by atoms with Crippen LogP contribution in [0.2, 0.25) is 0 Å². The number of hydrazine groups is 1. The first-order valence-electron chi connectivity index (χ1n) is 33.7. The molecular weight excluding hydrogens is 1260 g/mol. The molecule has 2 fully saturated rings. The van der Waals surface area contributed by atoms with Crippen LogP contribution in [0.3, 0.4) is 0 Å². The highest BCUT2D eigenvalue weighted by molar-refractivity contribution is 5.95. The summed E-state index contributed by atoms with van der Waals surface area (Å²) in [5.74, 6) is -4.44. The van der Waals surface area contributed by atoms with Gasteiger partial charge in [0.2, 0.25) is 53.7 Å². The fourth-order valence-electron chi connectivity index (χ4n) is 12.2. The molecule has 0 spiro atoms. The zero-order valence-electron chi connectivity index (χ0n) is 56.5. The number of fused-ring (bicyclic) bond motifs is 5. The summed E-state index contributed by atoms with van der Waals surface area (Å²) in [5, 5.41) is 24.7. The maximum atomic E-state index is 14.1. The normalized spacial score (nSPS) is 17.5. The number of carbonyl (C=O) groups is 11. The average molecular weight is 1350 g/mol. The third-order valence-corrected chi connectivity index (χ3v) is 17.8. The number of rotatable bonds is 29. The fourth-order valence-corrected chi connectivity index (χ4v) is 12.2. The zero-order chi connectivity index (χ0) is 70.3. The summed E-state index contributed by atoms with van der Waals surface area (Å²) < 4.78 is 27.2. The van der Waals surface area contributed by atoms with Crippen LogP contribution < -0.4 is 47.3 Å². The van der Waals surface area contributed by atoms with Crippen LogP contribution in [0.4, 0.5) is 9.18 Å². The third-order valence-electron chi connectivity index (χ3n) is 17.8. The second kappa shape index (κ2) is 36.4. The molecular formula is C71H92FN13O13. The zero-order valence-corrected chi connectivity index (χ0v) is 56.5. The molecule has 0 radical (unpaired) electrons. The van der Waals surface area contributed by atoms with Crippen molar-refractivity contribution in [3.63, 3.8) is 0 Å². The molecule has 1 unspecified atom stereocenters. The highest BCUT2D eigenvalue weighted by atomic mass is 19.1. The lowest BCUT2D eigenvalue weighted by atomic mass is 10.0. The molecule has 4 heterocycles. The number of nitrogens with one attached hydrogen (secondary N) is 8. The first kappa shape index (κ1) is 73.9. The van der Waals surface area contributed by atoms with E-state index in [1.165, 1.54) is 17.9 Å². The molecule has 1 aromatic heterocycles. The van der Waals surface area contributed by atoms with Gasteiger partial charge >= 0.3 is 6.03 Å².